The Morgan fingerprint density at radius 2 is 1.81 bits per heavy atom. The van der Waals surface area contributed by atoms with Crippen molar-refractivity contribution in [2.75, 3.05) is 13.7 Å². The van der Waals surface area contributed by atoms with Crippen LogP contribution in [-0.2, 0) is 26.2 Å². The van der Waals surface area contributed by atoms with Gasteiger partial charge in [-0.15, -0.1) is 0 Å². The van der Waals surface area contributed by atoms with Crippen LogP contribution in [0.3, 0.4) is 0 Å². The molecule has 0 aliphatic rings. The van der Waals surface area contributed by atoms with Gasteiger partial charge in [-0.2, -0.15) is 8.42 Å². The minimum absolute atomic E-state index is 0.0344. The molecule has 27 heavy (non-hydrogen) atoms. The van der Waals surface area contributed by atoms with E-state index in [1.165, 1.54) is 13.2 Å². The molecule has 0 aliphatic heterocycles. The molecule has 0 heterocycles. The topological polar surface area (TPSA) is 72.9 Å². The first-order valence-electron chi connectivity index (χ1n) is 8.30. The minimum Gasteiger partial charge on any atom is -0.379 e. The number of ether oxygens (including phenoxy) is 1. The lowest BCUT2D eigenvalue weighted by atomic mass is 10.2. The number of benzene rings is 2. The number of halogens is 1. The van der Waals surface area contributed by atoms with E-state index < -0.39 is 15.9 Å². The molecule has 0 unspecified atom stereocenters. The van der Waals surface area contributed by atoms with Crippen LogP contribution in [-0.4, -0.2) is 39.0 Å². The molecule has 1 amide bonds. The number of amides is 1. The minimum atomic E-state index is -4.08. The van der Waals surface area contributed by atoms with Gasteiger partial charge in [0, 0.05) is 19.7 Å². The standard InChI is InChI=1S/C19H22FNO5S/c1-14(2)21(19(22)13-25-3)12-15-5-4-6-17(11-15)26-27(23,24)18-9-7-16(20)8-10-18/h4-11,14H,12-13H2,1-3H3. The van der Waals surface area contributed by atoms with E-state index in [1.54, 1.807) is 23.1 Å². The van der Waals surface area contributed by atoms with Gasteiger partial charge >= 0.3 is 10.1 Å². The van der Waals surface area contributed by atoms with E-state index in [4.69, 9.17) is 8.92 Å². The van der Waals surface area contributed by atoms with E-state index in [0.717, 1.165) is 24.3 Å². The Balaban J connectivity index is 2.19. The first kappa shape index (κ1) is 20.9. The Labute approximate surface area is 158 Å². The molecule has 0 saturated heterocycles. The third-order valence-corrected chi connectivity index (χ3v) is 5.03. The predicted octanol–water partition coefficient (Wildman–Crippen LogP) is 2.98. The van der Waals surface area contributed by atoms with Gasteiger partial charge in [-0.3, -0.25) is 4.79 Å². The second-order valence-electron chi connectivity index (χ2n) is 6.19. The summed E-state index contributed by atoms with van der Waals surface area (Å²) in [6.07, 6.45) is 0. The van der Waals surface area contributed by atoms with Gasteiger partial charge in [0.25, 0.3) is 0 Å². The van der Waals surface area contributed by atoms with Gasteiger partial charge in [0.15, 0.2) is 0 Å². The lowest BCUT2D eigenvalue weighted by Gasteiger charge is -2.26. The van der Waals surface area contributed by atoms with E-state index >= 15 is 0 Å². The molecule has 8 heteroatoms. The molecule has 0 fully saturated rings. The Morgan fingerprint density at radius 1 is 1.15 bits per heavy atom. The molecule has 0 saturated carbocycles. The molecule has 2 rings (SSSR count). The normalized spacial score (nSPS) is 11.4. The molecular weight excluding hydrogens is 373 g/mol. The summed E-state index contributed by atoms with van der Waals surface area (Å²) in [6.45, 7) is 4.01. The van der Waals surface area contributed by atoms with E-state index in [-0.39, 0.29) is 35.7 Å². The van der Waals surface area contributed by atoms with Crippen LogP contribution in [0.15, 0.2) is 53.4 Å². The average molecular weight is 395 g/mol. The molecule has 0 atom stereocenters. The Morgan fingerprint density at radius 3 is 2.41 bits per heavy atom. The summed E-state index contributed by atoms with van der Waals surface area (Å²) in [5.74, 6) is -0.595. The van der Waals surface area contributed by atoms with Crippen LogP contribution in [0.1, 0.15) is 19.4 Å². The molecular formula is C19H22FNO5S. The lowest BCUT2D eigenvalue weighted by Crippen LogP contribution is -2.38. The van der Waals surface area contributed by atoms with Gasteiger partial charge < -0.3 is 13.8 Å². The largest absolute Gasteiger partial charge is 0.379 e. The van der Waals surface area contributed by atoms with E-state index in [0.29, 0.717) is 5.56 Å². The molecule has 0 aliphatic carbocycles. The molecule has 2 aromatic carbocycles. The van der Waals surface area contributed by atoms with Crippen LogP contribution < -0.4 is 4.18 Å². The second kappa shape index (κ2) is 8.96. The van der Waals surface area contributed by atoms with Gasteiger partial charge in [-0.1, -0.05) is 12.1 Å². The number of nitrogens with zero attached hydrogens (tertiary/aromatic N) is 1. The SMILES string of the molecule is COCC(=O)N(Cc1cccc(OS(=O)(=O)c2ccc(F)cc2)c1)C(C)C. The Hall–Kier alpha value is -2.45. The van der Waals surface area contributed by atoms with E-state index in [1.807, 2.05) is 13.8 Å². The average Bonchev–Trinajstić information content (AvgIpc) is 2.60. The molecule has 2 aromatic rings. The highest BCUT2D eigenvalue weighted by Gasteiger charge is 2.19. The fraction of sp³-hybridized carbons (Fsp3) is 0.316. The van der Waals surface area contributed by atoms with Crippen molar-refractivity contribution in [2.24, 2.45) is 0 Å². The zero-order valence-corrected chi connectivity index (χ0v) is 16.2. The summed E-state index contributed by atoms with van der Waals surface area (Å²) in [5, 5.41) is 0. The summed E-state index contributed by atoms with van der Waals surface area (Å²) < 4.78 is 47.7. The highest BCUT2D eigenvalue weighted by molar-refractivity contribution is 7.87. The van der Waals surface area contributed by atoms with Crippen LogP contribution in [0.4, 0.5) is 4.39 Å². The predicted molar refractivity (Wildman–Crippen MR) is 98.2 cm³/mol. The smallest absolute Gasteiger partial charge is 0.339 e. The van der Waals surface area contributed by atoms with Crippen molar-refractivity contribution >= 4 is 16.0 Å². The van der Waals surface area contributed by atoms with Gasteiger partial charge in [-0.25, -0.2) is 4.39 Å². The van der Waals surface area contributed by atoms with Gasteiger partial charge in [0.2, 0.25) is 5.91 Å². The van der Waals surface area contributed by atoms with Gasteiger partial charge in [0.05, 0.1) is 0 Å². The number of rotatable bonds is 8. The van der Waals surface area contributed by atoms with Gasteiger partial charge in [0.1, 0.15) is 23.1 Å². The monoisotopic (exact) mass is 395 g/mol. The van der Waals surface area contributed by atoms with Crippen molar-refractivity contribution in [1.29, 1.82) is 0 Å². The molecule has 6 nitrogen and oxygen atoms in total. The van der Waals surface area contributed by atoms with Crippen molar-refractivity contribution in [3.63, 3.8) is 0 Å². The van der Waals surface area contributed by atoms with Crippen LogP contribution in [0.2, 0.25) is 0 Å². The summed E-state index contributed by atoms with van der Waals surface area (Å²) in [4.78, 5) is 13.6. The van der Waals surface area contributed by atoms with Crippen LogP contribution in [0.25, 0.3) is 0 Å². The number of carbonyl (C=O) groups is 1. The third-order valence-electron chi connectivity index (χ3n) is 3.77. The van der Waals surface area contributed by atoms with Crippen molar-refractivity contribution in [1.82, 2.24) is 4.90 Å². The molecule has 0 radical (unpaired) electrons. The molecule has 0 bridgehead atoms. The first-order valence-corrected chi connectivity index (χ1v) is 9.71. The van der Waals surface area contributed by atoms with Crippen molar-refractivity contribution in [3.8, 4) is 5.75 Å². The number of hydrogen-bond donors (Lipinski definition) is 0. The molecule has 0 aromatic heterocycles. The quantitative estimate of drug-likeness (QED) is 0.643. The zero-order chi connectivity index (χ0) is 20.0. The maximum absolute atomic E-state index is 13.0. The highest BCUT2D eigenvalue weighted by Crippen LogP contribution is 2.21. The van der Waals surface area contributed by atoms with Crippen LogP contribution in [0.5, 0.6) is 5.75 Å². The van der Waals surface area contributed by atoms with Crippen molar-refractivity contribution in [2.45, 2.75) is 31.3 Å². The number of carbonyl (C=O) groups excluding carboxylic acids is 1. The molecule has 0 spiro atoms. The summed E-state index contributed by atoms with van der Waals surface area (Å²) in [5.41, 5.74) is 0.708. The number of methoxy groups -OCH3 is 1. The maximum atomic E-state index is 13.0. The molecule has 0 N–H and O–H groups in total. The summed E-state index contributed by atoms with van der Waals surface area (Å²) in [7, 11) is -2.63. The lowest BCUT2D eigenvalue weighted by molar-refractivity contribution is -0.137. The van der Waals surface area contributed by atoms with Crippen LogP contribution >= 0.6 is 0 Å². The second-order valence-corrected chi connectivity index (χ2v) is 7.73. The van der Waals surface area contributed by atoms with Crippen molar-refractivity contribution in [3.05, 3.63) is 59.9 Å². The summed E-state index contributed by atoms with van der Waals surface area (Å²) >= 11 is 0. The maximum Gasteiger partial charge on any atom is 0.339 e. The zero-order valence-electron chi connectivity index (χ0n) is 15.4. The highest BCUT2D eigenvalue weighted by atomic mass is 32.2. The third kappa shape index (κ3) is 5.77. The Bertz CT molecular complexity index is 881. The molecule has 146 valence electrons. The van der Waals surface area contributed by atoms with Crippen molar-refractivity contribution < 1.29 is 26.5 Å². The first-order chi connectivity index (χ1) is 12.7. The van der Waals surface area contributed by atoms with E-state index in [2.05, 4.69) is 0 Å². The van der Waals surface area contributed by atoms with Crippen LogP contribution in [0, 0.1) is 5.82 Å². The van der Waals surface area contributed by atoms with E-state index in [9.17, 15) is 17.6 Å². The summed E-state index contributed by atoms with van der Waals surface area (Å²) in [6, 6.07) is 10.8. The number of hydrogen-bond acceptors (Lipinski definition) is 5. The fourth-order valence-electron chi connectivity index (χ4n) is 2.43. The fourth-order valence-corrected chi connectivity index (χ4v) is 3.36. The van der Waals surface area contributed by atoms with Gasteiger partial charge in [-0.05, 0) is 55.8 Å². The Kier molecular flexibility index (Phi) is 6.92.